The Morgan fingerprint density at radius 3 is 2.31 bits per heavy atom. The molecule has 0 spiro atoms. The molecule has 0 aliphatic heterocycles. The molecule has 1 fully saturated rings. The molecule has 1 aromatic carbocycles. The summed E-state index contributed by atoms with van der Waals surface area (Å²) >= 11 is 5.96. The zero-order valence-corrected chi connectivity index (χ0v) is 16.8. The van der Waals surface area contributed by atoms with Gasteiger partial charge in [-0.25, -0.2) is 4.39 Å². The number of rotatable bonds is 3. The van der Waals surface area contributed by atoms with E-state index in [2.05, 4.69) is 36.0 Å². The van der Waals surface area contributed by atoms with Crippen molar-refractivity contribution in [3.63, 3.8) is 0 Å². The first kappa shape index (κ1) is 19.6. The van der Waals surface area contributed by atoms with Crippen LogP contribution in [0.5, 0.6) is 5.75 Å². The molecule has 5 nitrogen and oxygen atoms in total. The maximum absolute atomic E-state index is 14.4. The largest absolute Gasteiger partial charge is 0.534 e. The number of hydrogen-bond donors (Lipinski definition) is 0. The van der Waals surface area contributed by atoms with Crippen LogP contribution in [0.2, 0.25) is 0 Å². The van der Waals surface area contributed by atoms with Gasteiger partial charge in [-0.1, -0.05) is 0 Å². The highest BCUT2D eigenvalue weighted by Crippen LogP contribution is 2.44. The zero-order chi connectivity index (χ0) is 19.6. The first-order valence-corrected chi connectivity index (χ1v) is 10.1. The van der Waals surface area contributed by atoms with Crippen molar-refractivity contribution >= 4 is 52.9 Å². The van der Waals surface area contributed by atoms with Gasteiger partial charge in [0, 0.05) is 12.1 Å². The fourth-order valence-electron chi connectivity index (χ4n) is 2.58. The second-order valence-corrected chi connectivity index (χ2v) is 8.85. The van der Waals surface area contributed by atoms with Gasteiger partial charge in [0.25, 0.3) is 5.56 Å². The molecular weight excluding hydrogens is 514 g/mol. The highest BCUT2D eigenvalue weighted by molar-refractivity contribution is 9.11. The first-order valence-electron chi connectivity index (χ1n) is 7.10. The topological polar surface area (TPSA) is 65.4 Å². The third-order valence-corrected chi connectivity index (χ3v) is 6.55. The summed E-state index contributed by atoms with van der Waals surface area (Å²) in [5.41, 5.74) is -6.09. The molecule has 2 aromatic rings. The molecule has 0 bridgehead atoms. The summed E-state index contributed by atoms with van der Waals surface area (Å²) in [5.74, 6) is -1.74. The smallest absolute Gasteiger partial charge is 0.375 e. The molecule has 0 atom stereocenters. The van der Waals surface area contributed by atoms with Gasteiger partial charge in [-0.15, -0.1) is 0 Å². The van der Waals surface area contributed by atoms with Crippen LogP contribution in [-0.2, 0) is 10.1 Å². The van der Waals surface area contributed by atoms with E-state index in [0.29, 0.717) is 18.9 Å². The normalized spacial score (nSPS) is 15.5. The highest BCUT2D eigenvalue weighted by atomic mass is 79.9. The molecule has 0 radical (unpaired) electrons. The van der Waals surface area contributed by atoms with Crippen LogP contribution in [0, 0.1) is 12.7 Å². The average molecular weight is 523 g/mol. The monoisotopic (exact) mass is 521 g/mol. The van der Waals surface area contributed by atoms with E-state index in [-0.39, 0.29) is 31.5 Å². The van der Waals surface area contributed by atoms with Crippen LogP contribution < -0.4 is 9.74 Å². The third-order valence-electron chi connectivity index (χ3n) is 3.90. The van der Waals surface area contributed by atoms with Gasteiger partial charge in [0.05, 0.1) is 19.8 Å². The van der Waals surface area contributed by atoms with E-state index >= 15 is 0 Å². The summed E-state index contributed by atoms with van der Waals surface area (Å²) in [6.07, 6.45) is 1.34. The summed E-state index contributed by atoms with van der Waals surface area (Å²) in [7, 11) is -6.03. The van der Waals surface area contributed by atoms with E-state index in [1.807, 2.05) is 0 Å². The summed E-state index contributed by atoms with van der Waals surface area (Å²) in [6.45, 7) is 1.46. The van der Waals surface area contributed by atoms with Gasteiger partial charge in [0.2, 0.25) is 0 Å². The number of hydrogen-bond acceptors (Lipinski definition) is 4. The number of fused-ring (bicyclic) bond motifs is 1. The number of pyridine rings is 1. The zero-order valence-electron chi connectivity index (χ0n) is 12.8. The molecule has 1 heterocycles. The standard InChI is InChI=1S/C14H9Br2F4NO4S/c1-5-10(15)12(17)11(16)9-7(25-26(23,24)14(18,19)20)4-8(22)21(13(5)9)6-2-3-6/h4,6H,2-3H2,1H3. The first-order chi connectivity index (χ1) is 11.9. The van der Waals surface area contributed by atoms with Crippen molar-refractivity contribution in [2.75, 3.05) is 0 Å². The van der Waals surface area contributed by atoms with Crippen LogP contribution in [0.25, 0.3) is 10.9 Å². The lowest BCUT2D eigenvalue weighted by Gasteiger charge is -2.18. The number of nitrogens with zero attached hydrogens (tertiary/aromatic N) is 1. The van der Waals surface area contributed by atoms with Crippen molar-refractivity contribution in [2.45, 2.75) is 31.3 Å². The van der Waals surface area contributed by atoms with E-state index in [0.717, 1.165) is 0 Å². The predicted molar refractivity (Wildman–Crippen MR) is 92.2 cm³/mol. The number of halogens is 6. The SMILES string of the molecule is Cc1c(Br)c(F)c(Br)c2c(OS(=O)(=O)C(F)(F)F)cc(=O)n(C3CC3)c12. The van der Waals surface area contributed by atoms with Crippen molar-refractivity contribution < 1.29 is 30.2 Å². The Morgan fingerprint density at radius 2 is 1.81 bits per heavy atom. The Hall–Kier alpha value is -1.14. The van der Waals surface area contributed by atoms with Crippen LogP contribution in [-0.4, -0.2) is 18.5 Å². The average Bonchev–Trinajstić information content (AvgIpc) is 3.33. The summed E-state index contributed by atoms with van der Waals surface area (Å²) in [4.78, 5) is 12.4. The van der Waals surface area contributed by atoms with Crippen LogP contribution in [0.1, 0.15) is 24.4 Å². The van der Waals surface area contributed by atoms with Crippen LogP contribution in [0.3, 0.4) is 0 Å². The molecule has 142 valence electrons. The predicted octanol–water partition coefficient (Wildman–Crippen LogP) is 4.54. The quantitative estimate of drug-likeness (QED) is 0.257. The Balaban J connectivity index is 2.43. The fourth-order valence-corrected chi connectivity index (χ4v) is 4.28. The van der Waals surface area contributed by atoms with Gasteiger partial charge in [-0.05, 0) is 57.2 Å². The molecular formula is C14H9Br2F4NO4S. The van der Waals surface area contributed by atoms with Gasteiger partial charge in [0.15, 0.2) is 11.6 Å². The molecule has 1 saturated carbocycles. The number of benzene rings is 1. The maximum atomic E-state index is 14.4. The fraction of sp³-hybridized carbons (Fsp3) is 0.357. The lowest BCUT2D eigenvalue weighted by molar-refractivity contribution is -0.0499. The molecule has 0 unspecified atom stereocenters. The summed E-state index contributed by atoms with van der Waals surface area (Å²) in [5, 5.41) is -0.262. The Labute approximate surface area is 161 Å². The number of aryl methyl sites for hydroxylation is 1. The van der Waals surface area contributed by atoms with Crippen LogP contribution >= 0.6 is 31.9 Å². The molecule has 0 N–H and O–H groups in total. The highest BCUT2D eigenvalue weighted by Gasteiger charge is 2.49. The minimum absolute atomic E-state index is 0.00139. The minimum atomic E-state index is -6.03. The molecule has 1 aliphatic carbocycles. The maximum Gasteiger partial charge on any atom is 0.534 e. The van der Waals surface area contributed by atoms with Crippen molar-refractivity contribution in [1.29, 1.82) is 0 Å². The Bertz CT molecular complexity index is 1090. The van der Waals surface area contributed by atoms with E-state index in [1.165, 1.54) is 11.5 Å². The van der Waals surface area contributed by atoms with E-state index in [1.54, 1.807) is 0 Å². The summed E-state index contributed by atoms with van der Waals surface area (Å²) in [6, 6.07) is 0.433. The van der Waals surface area contributed by atoms with Crippen LogP contribution in [0.4, 0.5) is 17.6 Å². The molecule has 1 aliphatic rings. The van der Waals surface area contributed by atoms with Crippen molar-refractivity contribution in [1.82, 2.24) is 4.57 Å². The van der Waals surface area contributed by atoms with Gasteiger partial charge >= 0.3 is 15.6 Å². The lowest BCUT2D eigenvalue weighted by atomic mass is 10.1. The molecule has 0 saturated heterocycles. The Kier molecular flexibility index (Phi) is 4.67. The van der Waals surface area contributed by atoms with E-state index in [9.17, 15) is 30.8 Å². The van der Waals surface area contributed by atoms with E-state index < -0.39 is 32.8 Å². The Morgan fingerprint density at radius 1 is 1.23 bits per heavy atom. The lowest BCUT2D eigenvalue weighted by Crippen LogP contribution is -2.29. The second kappa shape index (κ2) is 6.20. The molecule has 26 heavy (non-hydrogen) atoms. The van der Waals surface area contributed by atoms with Gasteiger partial charge in [-0.2, -0.15) is 21.6 Å². The number of alkyl halides is 3. The van der Waals surface area contributed by atoms with Gasteiger partial charge in [0.1, 0.15) is 0 Å². The third kappa shape index (κ3) is 3.05. The van der Waals surface area contributed by atoms with Crippen molar-refractivity contribution in [3.05, 3.63) is 36.7 Å². The van der Waals surface area contributed by atoms with Crippen molar-refractivity contribution in [2.24, 2.45) is 0 Å². The second-order valence-electron chi connectivity index (χ2n) is 5.72. The minimum Gasteiger partial charge on any atom is -0.375 e. The van der Waals surface area contributed by atoms with Gasteiger partial charge < -0.3 is 8.75 Å². The molecule has 0 amide bonds. The van der Waals surface area contributed by atoms with Crippen molar-refractivity contribution in [3.8, 4) is 5.75 Å². The van der Waals surface area contributed by atoms with Crippen LogP contribution in [0.15, 0.2) is 19.8 Å². The number of aromatic nitrogens is 1. The molecule has 12 heteroatoms. The van der Waals surface area contributed by atoms with E-state index in [4.69, 9.17) is 0 Å². The summed E-state index contributed by atoms with van der Waals surface area (Å²) < 4.78 is 80.4. The van der Waals surface area contributed by atoms with Gasteiger partial charge in [-0.3, -0.25) is 4.79 Å². The molecule has 1 aromatic heterocycles. The molecule has 3 rings (SSSR count).